The van der Waals surface area contributed by atoms with Crippen LogP contribution in [0.1, 0.15) is 23.0 Å². The molecule has 6 nitrogen and oxygen atoms in total. The first-order valence-corrected chi connectivity index (χ1v) is 5.46. The Morgan fingerprint density at radius 1 is 1.50 bits per heavy atom. The molecule has 1 N–H and O–H groups in total. The maximum Gasteiger partial charge on any atom is 0.270 e. The molecule has 0 aliphatic heterocycles. The minimum absolute atomic E-state index is 0.0646. The van der Waals surface area contributed by atoms with Crippen molar-refractivity contribution >= 4 is 11.8 Å². The van der Waals surface area contributed by atoms with Crippen molar-refractivity contribution in [1.82, 2.24) is 15.2 Å². The van der Waals surface area contributed by atoms with Crippen LogP contribution in [-0.4, -0.2) is 41.8 Å². The molecule has 1 aromatic heterocycles. The van der Waals surface area contributed by atoms with E-state index in [-0.39, 0.29) is 18.1 Å². The number of likely N-dealkylation sites (N-methyl/N-ethyl adjacent to an activating group) is 1. The number of pyridine rings is 1. The summed E-state index contributed by atoms with van der Waals surface area (Å²) in [4.78, 5) is 28.4. The van der Waals surface area contributed by atoms with Gasteiger partial charge in [-0.15, -0.1) is 0 Å². The number of carbonyl (C=O) groups is 2. The molecule has 2 amide bonds. The number of nitrogens with zero attached hydrogens (tertiary/aromatic N) is 3. The van der Waals surface area contributed by atoms with Gasteiger partial charge >= 0.3 is 0 Å². The molecule has 0 spiro atoms. The van der Waals surface area contributed by atoms with E-state index in [2.05, 4.69) is 10.3 Å². The van der Waals surface area contributed by atoms with Crippen molar-refractivity contribution in [3.63, 3.8) is 0 Å². The molecule has 0 aromatic carbocycles. The third kappa shape index (κ3) is 3.56. The molecule has 0 aliphatic carbocycles. The summed E-state index contributed by atoms with van der Waals surface area (Å²) >= 11 is 0. The summed E-state index contributed by atoms with van der Waals surface area (Å²) in [6, 6.07) is 4.86. The maximum absolute atomic E-state index is 11.6. The zero-order chi connectivity index (χ0) is 13.5. The van der Waals surface area contributed by atoms with Crippen molar-refractivity contribution in [3.8, 4) is 6.07 Å². The van der Waals surface area contributed by atoms with E-state index in [1.165, 1.54) is 23.2 Å². The number of amides is 2. The van der Waals surface area contributed by atoms with Crippen LogP contribution in [0.2, 0.25) is 0 Å². The summed E-state index contributed by atoms with van der Waals surface area (Å²) in [5.74, 6) is -0.600. The Balaban J connectivity index is 2.55. The van der Waals surface area contributed by atoms with Gasteiger partial charge in [0.1, 0.15) is 11.8 Å². The van der Waals surface area contributed by atoms with Gasteiger partial charge in [-0.2, -0.15) is 5.26 Å². The second-order valence-electron chi connectivity index (χ2n) is 3.63. The molecule has 18 heavy (non-hydrogen) atoms. The highest BCUT2D eigenvalue weighted by molar-refractivity contribution is 5.94. The molecule has 0 saturated carbocycles. The molecule has 6 heteroatoms. The van der Waals surface area contributed by atoms with Crippen LogP contribution < -0.4 is 5.32 Å². The lowest BCUT2D eigenvalue weighted by Gasteiger charge is -2.14. The minimum atomic E-state index is -0.433. The van der Waals surface area contributed by atoms with E-state index in [0.29, 0.717) is 12.1 Å². The van der Waals surface area contributed by atoms with E-state index >= 15 is 0 Å². The normalized spacial score (nSPS) is 9.39. The predicted molar refractivity (Wildman–Crippen MR) is 64.6 cm³/mol. The standard InChI is InChI=1S/C12H14N4O2/c1-3-16(2)11(17)8-15-12(18)10-5-4-9(6-13)7-14-10/h4-5,7H,3,8H2,1-2H3,(H,15,18). The summed E-state index contributed by atoms with van der Waals surface area (Å²) in [6.45, 7) is 2.37. The first kappa shape index (κ1) is 13.6. The lowest BCUT2D eigenvalue weighted by atomic mass is 10.2. The zero-order valence-corrected chi connectivity index (χ0v) is 10.3. The van der Waals surface area contributed by atoms with Crippen molar-refractivity contribution in [2.45, 2.75) is 6.92 Å². The molecule has 0 atom stereocenters. The van der Waals surface area contributed by atoms with Crippen molar-refractivity contribution in [2.75, 3.05) is 20.1 Å². The van der Waals surface area contributed by atoms with Gasteiger partial charge < -0.3 is 10.2 Å². The lowest BCUT2D eigenvalue weighted by Crippen LogP contribution is -2.38. The van der Waals surface area contributed by atoms with Gasteiger partial charge in [0.05, 0.1) is 12.1 Å². The summed E-state index contributed by atoms with van der Waals surface area (Å²) in [5.41, 5.74) is 0.564. The smallest absolute Gasteiger partial charge is 0.270 e. The van der Waals surface area contributed by atoms with Gasteiger partial charge in [-0.1, -0.05) is 0 Å². The van der Waals surface area contributed by atoms with Crippen LogP contribution in [0.3, 0.4) is 0 Å². The highest BCUT2D eigenvalue weighted by atomic mass is 16.2. The highest BCUT2D eigenvalue weighted by Crippen LogP contribution is 1.98. The quantitative estimate of drug-likeness (QED) is 0.820. The van der Waals surface area contributed by atoms with Crippen LogP contribution >= 0.6 is 0 Å². The second-order valence-corrected chi connectivity index (χ2v) is 3.63. The van der Waals surface area contributed by atoms with Gasteiger partial charge in [0, 0.05) is 19.8 Å². The Bertz CT molecular complexity index is 476. The Labute approximate surface area is 105 Å². The van der Waals surface area contributed by atoms with Crippen LogP contribution in [-0.2, 0) is 4.79 Å². The Morgan fingerprint density at radius 2 is 2.22 bits per heavy atom. The van der Waals surface area contributed by atoms with E-state index < -0.39 is 5.91 Å². The molecule has 1 heterocycles. The van der Waals surface area contributed by atoms with Crippen molar-refractivity contribution in [2.24, 2.45) is 0 Å². The van der Waals surface area contributed by atoms with Crippen molar-refractivity contribution < 1.29 is 9.59 Å². The highest BCUT2D eigenvalue weighted by Gasteiger charge is 2.11. The number of nitrogens with one attached hydrogen (secondary N) is 1. The van der Waals surface area contributed by atoms with Gasteiger partial charge in [0.15, 0.2) is 0 Å². The van der Waals surface area contributed by atoms with E-state index in [1.54, 1.807) is 7.05 Å². The van der Waals surface area contributed by atoms with E-state index in [4.69, 9.17) is 5.26 Å². The zero-order valence-electron chi connectivity index (χ0n) is 10.3. The lowest BCUT2D eigenvalue weighted by molar-refractivity contribution is -0.128. The maximum atomic E-state index is 11.6. The predicted octanol–water partition coefficient (Wildman–Crippen LogP) is 0.161. The Morgan fingerprint density at radius 3 is 2.72 bits per heavy atom. The number of hydrogen-bond donors (Lipinski definition) is 1. The van der Waals surface area contributed by atoms with Crippen LogP contribution in [0.25, 0.3) is 0 Å². The molecule has 0 saturated heterocycles. The SMILES string of the molecule is CCN(C)C(=O)CNC(=O)c1ccc(C#N)cn1. The molecule has 0 unspecified atom stereocenters. The molecule has 94 valence electrons. The summed E-state index contributed by atoms with van der Waals surface area (Å²) in [7, 11) is 1.66. The molecular formula is C12H14N4O2. The number of nitriles is 1. The molecule has 1 rings (SSSR count). The third-order valence-electron chi connectivity index (χ3n) is 2.43. The summed E-state index contributed by atoms with van der Waals surface area (Å²) in [6.07, 6.45) is 1.31. The average Bonchev–Trinajstić information content (AvgIpc) is 2.43. The Kier molecular flexibility index (Phi) is 4.81. The van der Waals surface area contributed by atoms with E-state index in [0.717, 1.165) is 0 Å². The average molecular weight is 246 g/mol. The fraction of sp³-hybridized carbons (Fsp3) is 0.333. The van der Waals surface area contributed by atoms with Crippen LogP contribution in [0.15, 0.2) is 18.3 Å². The van der Waals surface area contributed by atoms with Crippen LogP contribution in [0.4, 0.5) is 0 Å². The first-order valence-electron chi connectivity index (χ1n) is 5.46. The van der Waals surface area contributed by atoms with Crippen molar-refractivity contribution in [1.29, 1.82) is 5.26 Å². The number of aromatic nitrogens is 1. The van der Waals surface area contributed by atoms with Gasteiger partial charge in [-0.3, -0.25) is 9.59 Å². The molecule has 0 aliphatic rings. The fourth-order valence-electron chi connectivity index (χ4n) is 1.15. The van der Waals surface area contributed by atoms with E-state index in [1.807, 2.05) is 13.0 Å². The number of rotatable bonds is 4. The van der Waals surface area contributed by atoms with Crippen molar-refractivity contribution in [3.05, 3.63) is 29.6 Å². The van der Waals surface area contributed by atoms with E-state index in [9.17, 15) is 9.59 Å². The minimum Gasteiger partial charge on any atom is -0.345 e. The summed E-state index contributed by atoms with van der Waals surface area (Å²) < 4.78 is 0. The van der Waals surface area contributed by atoms with Gasteiger partial charge in [-0.25, -0.2) is 4.98 Å². The second kappa shape index (κ2) is 6.35. The van der Waals surface area contributed by atoms with Crippen LogP contribution in [0.5, 0.6) is 0 Å². The Hall–Kier alpha value is -2.42. The van der Waals surface area contributed by atoms with Crippen LogP contribution in [0, 0.1) is 11.3 Å². The molecule has 0 fully saturated rings. The summed E-state index contributed by atoms with van der Waals surface area (Å²) in [5, 5.41) is 11.1. The molecule has 0 radical (unpaired) electrons. The molecular weight excluding hydrogens is 232 g/mol. The number of carbonyl (C=O) groups excluding carboxylic acids is 2. The molecule has 1 aromatic rings. The third-order valence-corrected chi connectivity index (χ3v) is 2.43. The first-order chi connectivity index (χ1) is 8.58. The molecule has 0 bridgehead atoms. The van der Waals surface area contributed by atoms with Gasteiger partial charge in [0.25, 0.3) is 5.91 Å². The topological polar surface area (TPSA) is 86.1 Å². The van der Waals surface area contributed by atoms with Gasteiger partial charge in [-0.05, 0) is 19.1 Å². The van der Waals surface area contributed by atoms with Gasteiger partial charge in [0.2, 0.25) is 5.91 Å². The number of hydrogen-bond acceptors (Lipinski definition) is 4. The fourth-order valence-corrected chi connectivity index (χ4v) is 1.15. The monoisotopic (exact) mass is 246 g/mol. The largest absolute Gasteiger partial charge is 0.345 e.